The van der Waals surface area contributed by atoms with Crippen molar-refractivity contribution in [3.05, 3.63) is 48.5 Å². The van der Waals surface area contributed by atoms with Gasteiger partial charge in [-0.1, -0.05) is 18.7 Å². The minimum absolute atomic E-state index is 0.250. The van der Waals surface area contributed by atoms with Gasteiger partial charge in [0, 0.05) is 44.6 Å². The largest absolute Gasteiger partial charge is 0.327 e. The Hall–Kier alpha value is -2.76. The number of aromatic nitrogens is 6. The highest BCUT2D eigenvalue weighted by Crippen LogP contribution is 2.41. The lowest BCUT2D eigenvalue weighted by Gasteiger charge is -2.11. The van der Waals surface area contributed by atoms with Crippen LogP contribution in [0, 0.1) is 0 Å². The summed E-state index contributed by atoms with van der Waals surface area (Å²) in [5, 5.41) is 9.83. The third-order valence-corrected chi connectivity index (χ3v) is 8.60. The fourth-order valence-corrected chi connectivity index (χ4v) is 5.85. The standard InChI is InChI=1S/C23H27N7O2S2/c1-4-12-29-20-10-9-18(34(31,32)28(2)3)13-19(20)25-21(29)15-33-23-27-26-22(30(23)17-7-8-17)16-6-5-11-24-14-16/h5-6,9-11,13-14,17H,4,7-8,12,15H2,1-3H3. The maximum atomic E-state index is 12.6. The molecule has 178 valence electrons. The number of nitrogens with zero attached hydrogens (tertiary/aromatic N) is 7. The zero-order chi connectivity index (χ0) is 23.9. The smallest absolute Gasteiger partial charge is 0.242 e. The highest BCUT2D eigenvalue weighted by molar-refractivity contribution is 7.98. The zero-order valence-electron chi connectivity index (χ0n) is 19.4. The number of fused-ring (bicyclic) bond motifs is 1. The molecule has 0 spiro atoms. The molecule has 0 unspecified atom stereocenters. The molecule has 1 aliphatic rings. The second-order valence-electron chi connectivity index (χ2n) is 8.56. The van der Waals surface area contributed by atoms with Gasteiger partial charge in [-0.15, -0.1) is 10.2 Å². The van der Waals surface area contributed by atoms with Crippen LogP contribution in [0.4, 0.5) is 0 Å². The van der Waals surface area contributed by atoms with E-state index in [4.69, 9.17) is 4.98 Å². The van der Waals surface area contributed by atoms with Crippen LogP contribution in [0.5, 0.6) is 0 Å². The molecule has 0 radical (unpaired) electrons. The van der Waals surface area contributed by atoms with Crippen LogP contribution in [0.25, 0.3) is 22.4 Å². The summed E-state index contributed by atoms with van der Waals surface area (Å²) in [5.41, 5.74) is 2.59. The van der Waals surface area contributed by atoms with E-state index in [2.05, 4.69) is 31.2 Å². The molecule has 0 saturated heterocycles. The van der Waals surface area contributed by atoms with Gasteiger partial charge in [-0.25, -0.2) is 17.7 Å². The van der Waals surface area contributed by atoms with Gasteiger partial charge in [0.15, 0.2) is 11.0 Å². The maximum Gasteiger partial charge on any atom is 0.242 e. The van der Waals surface area contributed by atoms with Crippen LogP contribution >= 0.6 is 11.8 Å². The predicted molar refractivity (Wildman–Crippen MR) is 132 cm³/mol. The number of hydrogen-bond donors (Lipinski definition) is 0. The van der Waals surface area contributed by atoms with E-state index in [0.29, 0.717) is 17.3 Å². The quantitative estimate of drug-likeness (QED) is 0.323. The Balaban J connectivity index is 1.47. The van der Waals surface area contributed by atoms with Crippen molar-refractivity contribution in [3.63, 3.8) is 0 Å². The average molecular weight is 498 g/mol. The second-order valence-corrected chi connectivity index (χ2v) is 11.6. The van der Waals surface area contributed by atoms with Gasteiger partial charge in [0.05, 0.1) is 21.7 Å². The summed E-state index contributed by atoms with van der Waals surface area (Å²) in [7, 11) is -0.450. The molecule has 9 nitrogen and oxygen atoms in total. The molecule has 0 amide bonds. The third kappa shape index (κ3) is 4.23. The first-order chi connectivity index (χ1) is 16.4. The molecule has 1 saturated carbocycles. The molecular weight excluding hydrogens is 470 g/mol. The Morgan fingerprint density at radius 1 is 1.18 bits per heavy atom. The van der Waals surface area contributed by atoms with E-state index in [1.807, 2.05) is 24.4 Å². The molecule has 5 rings (SSSR count). The predicted octanol–water partition coefficient (Wildman–Crippen LogP) is 3.98. The number of hydrogen-bond acceptors (Lipinski definition) is 7. The summed E-state index contributed by atoms with van der Waals surface area (Å²) < 4.78 is 30.8. The monoisotopic (exact) mass is 497 g/mol. The van der Waals surface area contributed by atoms with Crippen LogP contribution < -0.4 is 0 Å². The van der Waals surface area contributed by atoms with E-state index in [-0.39, 0.29) is 4.90 Å². The van der Waals surface area contributed by atoms with Crippen molar-refractivity contribution in [3.8, 4) is 11.4 Å². The van der Waals surface area contributed by atoms with Gasteiger partial charge in [-0.05, 0) is 49.6 Å². The number of benzene rings is 1. The molecule has 1 fully saturated rings. The topological polar surface area (TPSA) is 98.8 Å². The van der Waals surface area contributed by atoms with Crippen LogP contribution in [0.2, 0.25) is 0 Å². The number of sulfonamides is 1. The molecule has 0 bridgehead atoms. The first-order valence-electron chi connectivity index (χ1n) is 11.3. The Kier molecular flexibility index (Phi) is 6.17. The first kappa shape index (κ1) is 23.0. The number of imidazole rings is 1. The van der Waals surface area contributed by atoms with Gasteiger partial charge in [0.25, 0.3) is 0 Å². The average Bonchev–Trinajstić information content (AvgIpc) is 3.49. The van der Waals surface area contributed by atoms with Crippen LogP contribution in [0.1, 0.15) is 38.1 Å². The van der Waals surface area contributed by atoms with E-state index in [1.54, 1.807) is 30.1 Å². The summed E-state index contributed by atoms with van der Waals surface area (Å²) in [6.45, 7) is 2.93. The van der Waals surface area contributed by atoms with Gasteiger partial charge in [0.1, 0.15) is 5.82 Å². The normalized spacial score (nSPS) is 14.4. The molecule has 11 heteroatoms. The van der Waals surface area contributed by atoms with Crippen molar-refractivity contribution >= 4 is 32.8 Å². The van der Waals surface area contributed by atoms with Crippen molar-refractivity contribution in [2.45, 2.75) is 54.6 Å². The fourth-order valence-electron chi connectivity index (χ4n) is 3.97. The molecule has 1 aliphatic carbocycles. The highest BCUT2D eigenvalue weighted by atomic mass is 32.2. The minimum Gasteiger partial charge on any atom is -0.327 e. The lowest BCUT2D eigenvalue weighted by atomic mass is 10.3. The molecule has 4 aromatic rings. The molecule has 3 aromatic heterocycles. The molecule has 0 N–H and O–H groups in total. The van der Waals surface area contributed by atoms with Gasteiger partial charge in [-0.2, -0.15) is 0 Å². The van der Waals surface area contributed by atoms with Gasteiger partial charge in [0.2, 0.25) is 10.0 Å². The highest BCUT2D eigenvalue weighted by Gasteiger charge is 2.30. The van der Waals surface area contributed by atoms with Crippen molar-refractivity contribution < 1.29 is 8.42 Å². The van der Waals surface area contributed by atoms with E-state index >= 15 is 0 Å². The first-order valence-corrected chi connectivity index (χ1v) is 13.7. The van der Waals surface area contributed by atoms with Crippen molar-refractivity contribution in [2.75, 3.05) is 14.1 Å². The molecule has 3 heterocycles. The van der Waals surface area contributed by atoms with E-state index in [9.17, 15) is 8.42 Å². The van der Waals surface area contributed by atoms with Crippen LogP contribution in [-0.4, -0.2) is 56.1 Å². The Labute approximate surface area is 203 Å². The molecule has 1 aromatic carbocycles. The lowest BCUT2D eigenvalue weighted by Crippen LogP contribution is -2.22. The van der Waals surface area contributed by atoms with Crippen molar-refractivity contribution in [1.29, 1.82) is 0 Å². The van der Waals surface area contributed by atoms with Crippen LogP contribution in [0.3, 0.4) is 0 Å². The number of thioether (sulfide) groups is 1. The van der Waals surface area contributed by atoms with Crippen LogP contribution in [-0.2, 0) is 22.3 Å². The van der Waals surface area contributed by atoms with Crippen LogP contribution in [0.15, 0.2) is 52.8 Å². The third-order valence-electron chi connectivity index (χ3n) is 5.85. The summed E-state index contributed by atoms with van der Waals surface area (Å²) in [4.78, 5) is 9.31. The second kappa shape index (κ2) is 9.12. The number of rotatable bonds is 9. The summed E-state index contributed by atoms with van der Waals surface area (Å²) in [6.07, 6.45) is 6.76. The summed E-state index contributed by atoms with van der Waals surface area (Å²) in [6, 6.07) is 9.51. The van der Waals surface area contributed by atoms with Crippen molar-refractivity contribution in [1.82, 2.24) is 33.6 Å². The summed E-state index contributed by atoms with van der Waals surface area (Å²) >= 11 is 1.61. The minimum atomic E-state index is -3.52. The number of aryl methyl sites for hydroxylation is 1. The molecule has 0 atom stereocenters. The van der Waals surface area contributed by atoms with Gasteiger partial charge < -0.3 is 4.57 Å². The lowest BCUT2D eigenvalue weighted by molar-refractivity contribution is 0.521. The zero-order valence-corrected chi connectivity index (χ0v) is 21.1. The van der Waals surface area contributed by atoms with E-state index in [1.165, 1.54) is 18.4 Å². The number of pyridine rings is 1. The van der Waals surface area contributed by atoms with E-state index < -0.39 is 10.0 Å². The van der Waals surface area contributed by atoms with Gasteiger partial charge in [-0.3, -0.25) is 9.55 Å². The van der Waals surface area contributed by atoms with E-state index in [0.717, 1.165) is 53.7 Å². The van der Waals surface area contributed by atoms with Crippen molar-refractivity contribution in [2.24, 2.45) is 0 Å². The van der Waals surface area contributed by atoms with Gasteiger partial charge >= 0.3 is 0 Å². The Morgan fingerprint density at radius 2 is 2.00 bits per heavy atom. The molecule has 34 heavy (non-hydrogen) atoms. The summed E-state index contributed by atoms with van der Waals surface area (Å²) in [5.74, 6) is 2.36. The molecule has 0 aliphatic heterocycles. The Morgan fingerprint density at radius 3 is 2.68 bits per heavy atom. The Bertz CT molecular complexity index is 1420. The molecular formula is C23H27N7O2S2. The fraction of sp³-hybridized carbons (Fsp3) is 0.391. The SMILES string of the molecule is CCCn1c(CSc2nnc(-c3cccnc3)n2C2CC2)nc2cc(S(=O)(=O)N(C)C)ccc21. The maximum absolute atomic E-state index is 12.6.